The van der Waals surface area contributed by atoms with Crippen LogP contribution in [0.1, 0.15) is 25.1 Å². The largest absolute Gasteiger partial charge is 0.434 e. The third-order valence-electron chi connectivity index (χ3n) is 4.93. The second kappa shape index (κ2) is 7.63. The van der Waals surface area contributed by atoms with Crippen LogP contribution in [-0.2, 0) is 10.9 Å². The van der Waals surface area contributed by atoms with Crippen LogP contribution in [-0.4, -0.2) is 55.5 Å². The molecule has 0 N–H and O–H groups in total. The van der Waals surface area contributed by atoms with Crippen molar-refractivity contribution in [3.63, 3.8) is 0 Å². The van der Waals surface area contributed by atoms with E-state index in [0.29, 0.717) is 18.9 Å². The number of ether oxygens (including phenoxy) is 1. The molecule has 8 nitrogen and oxygen atoms in total. The maximum Gasteiger partial charge on any atom is 0.434 e. The Morgan fingerprint density at radius 2 is 1.73 bits per heavy atom. The maximum atomic E-state index is 14.0. The molecule has 30 heavy (non-hydrogen) atoms. The Morgan fingerprint density at radius 1 is 1.07 bits per heavy atom. The number of rotatable bonds is 3. The Hall–Kier alpha value is -3.08. The van der Waals surface area contributed by atoms with E-state index in [0.717, 1.165) is 11.8 Å². The smallest absolute Gasteiger partial charge is 0.377 e. The van der Waals surface area contributed by atoms with Crippen molar-refractivity contribution in [1.29, 1.82) is 0 Å². The maximum absolute atomic E-state index is 14.0. The quantitative estimate of drug-likeness (QED) is 0.645. The number of alkyl halides is 3. The molecule has 1 saturated heterocycles. The lowest BCUT2D eigenvalue weighted by molar-refractivity contribution is -0.140. The minimum Gasteiger partial charge on any atom is -0.377 e. The summed E-state index contributed by atoms with van der Waals surface area (Å²) in [5.74, 6) is -0.0791. The molecule has 11 heteroatoms. The number of anilines is 1. The molecule has 0 spiro atoms. The second-order valence-electron chi connectivity index (χ2n) is 7.32. The van der Waals surface area contributed by atoms with Crippen LogP contribution >= 0.6 is 0 Å². The first-order chi connectivity index (χ1) is 14.3. The van der Waals surface area contributed by atoms with Crippen molar-refractivity contribution in [2.75, 3.05) is 18.1 Å². The summed E-state index contributed by atoms with van der Waals surface area (Å²) in [5, 5.41) is 11.2. The van der Waals surface area contributed by atoms with Crippen LogP contribution in [0.2, 0.25) is 0 Å². The highest BCUT2D eigenvalue weighted by atomic mass is 19.4. The van der Waals surface area contributed by atoms with Gasteiger partial charge < -0.3 is 9.64 Å². The zero-order chi connectivity index (χ0) is 21.5. The van der Waals surface area contributed by atoms with Crippen LogP contribution in [0.4, 0.5) is 19.1 Å². The Bertz CT molecular complexity index is 1030. The summed E-state index contributed by atoms with van der Waals surface area (Å²) in [6, 6.07) is 6.80. The zero-order valence-corrected chi connectivity index (χ0v) is 16.6. The molecule has 0 aliphatic carbocycles. The van der Waals surface area contributed by atoms with Gasteiger partial charge in [0.1, 0.15) is 0 Å². The van der Waals surface area contributed by atoms with Crippen molar-refractivity contribution in [3.05, 3.63) is 41.7 Å². The molecule has 4 rings (SSSR count). The van der Waals surface area contributed by atoms with E-state index in [-0.39, 0.29) is 29.4 Å². The van der Waals surface area contributed by atoms with E-state index < -0.39 is 11.9 Å². The third kappa shape index (κ3) is 3.72. The van der Waals surface area contributed by atoms with Crippen molar-refractivity contribution >= 4 is 5.95 Å². The molecule has 0 bridgehead atoms. The molecule has 2 atom stereocenters. The highest BCUT2D eigenvalue weighted by molar-refractivity contribution is 5.61. The molecule has 1 aromatic carbocycles. The van der Waals surface area contributed by atoms with Gasteiger partial charge in [0.2, 0.25) is 5.95 Å². The standard InChI is InChI=1S/C19H20F3N7O/c1-11-4-6-14(7-5-11)29-17(25-26-27-29)15-8-23-18(24-16(15)19(20,21)22)28-12(2)9-30-10-13(28)3/h4-8,12-13H,9-10H2,1-3H3. The number of aromatic nitrogens is 6. The van der Waals surface area contributed by atoms with Crippen LogP contribution in [0, 0.1) is 6.92 Å². The van der Waals surface area contributed by atoms with Crippen molar-refractivity contribution in [1.82, 2.24) is 30.2 Å². The van der Waals surface area contributed by atoms with Gasteiger partial charge in [0.25, 0.3) is 0 Å². The molecule has 1 aliphatic rings. The molecule has 1 fully saturated rings. The van der Waals surface area contributed by atoms with Gasteiger partial charge in [0.05, 0.1) is 36.5 Å². The fourth-order valence-electron chi connectivity index (χ4n) is 3.49. The van der Waals surface area contributed by atoms with Gasteiger partial charge in [-0.25, -0.2) is 9.97 Å². The summed E-state index contributed by atoms with van der Waals surface area (Å²) >= 11 is 0. The number of tetrazole rings is 1. The summed E-state index contributed by atoms with van der Waals surface area (Å²) in [6.07, 6.45) is -3.58. The Morgan fingerprint density at radius 3 is 2.37 bits per heavy atom. The van der Waals surface area contributed by atoms with E-state index in [4.69, 9.17) is 4.74 Å². The molecule has 0 saturated carbocycles. The topological polar surface area (TPSA) is 81.9 Å². The molecular formula is C19H20F3N7O. The van der Waals surface area contributed by atoms with Gasteiger partial charge in [-0.05, 0) is 43.3 Å². The minimum absolute atomic E-state index is 0.00346. The van der Waals surface area contributed by atoms with Crippen molar-refractivity contribution < 1.29 is 17.9 Å². The van der Waals surface area contributed by atoms with Crippen molar-refractivity contribution in [3.8, 4) is 17.1 Å². The lowest BCUT2D eigenvalue weighted by atomic mass is 10.1. The van der Waals surface area contributed by atoms with Gasteiger partial charge in [0, 0.05) is 6.20 Å². The second-order valence-corrected chi connectivity index (χ2v) is 7.32. The lowest BCUT2D eigenvalue weighted by Crippen LogP contribution is -2.50. The normalized spacial score (nSPS) is 19.9. The van der Waals surface area contributed by atoms with Gasteiger partial charge in [-0.2, -0.15) is 17.9 Å². The molecule has 0 amide bonds. The van der Waals surface area contributed by atoms with E-state index >= 15 is 0 Å². The van der Waals surface area contributed by atoms with E-state index in [1.807, 2.05) is 32.9 Å². The van der Waals surface area contributed by atoms with Gasteiger partial charge in [-0.15, -0.1) is 5.10 Å². The number of hydrogen-bond acceptors (Lipinski definition) is 7. The molecule has 0 radical (unpaired) electrons. The summed E-state index contributed by atoms with van der Waals surface area (Å²) in [6.45, 7) is 6.41. The molecule has 158 valence electrons. The Kier molecular flexibility index (Phi) is 5.14. The molecule has 2 aromatic heterocycles. The van der Waals surface area contributed by atoms with Gasteiger partial charge in [0.15, 0.2) is 11.5 Å². The zero-order valence-electron chi connectivity index (χ0n) is 16.6. The number of aryl methyl sites for hydroxylation is 1. The first-order valence-corrected chi connectivity index (χ1v) is 9.42. The van der Waals surface area contributed by atoms with E-state index in [1.165, 1.54) is 4.68 Å². The number of morpholine rings is 1. The van der Waals surface area contributed by atoms with E-state index in [2.05, 4.69) is 25.5 Å². The monoisotopic (exact) mass is 419 g/mol. The van der Waals surface area contributed by atoms with Crippen LogP contribution < -0.4 is 4.90 Å². The van der Waals surface area contributed by atoms with Gasteiger partial charge >= 0.3 is 6.18 Å². The van der Waals surface area contributed by atoms with E-state index in [1.54, 1.807) is 17.0 Å². The minimum atomic E-state index is -4.71. The predicted molar refractivity (Wildman–Crippen MR) is 102 cm³/mol. The summed E-state index contributed by atoms with van der Waals surface area (Å²) < 4.78 is 48.6. The van der Waals surface area contributed by atoms with Gasteiger partial charge in [-0.1, -0.05) is 17.7 Å². The Balaban J connectivity index is 1.82. The first-order valence-electron chi connectivity index (χ1n) is 9.42. The number of halogens is 3. The SMILES string of the molecule is Cc1ccc(-n2nnnc2-c2cnc(N3C(C)COCC3C)nc2C(F)(F)F)cc1. The average Bonchev–Trinajstić information content (AvgIpc) is 3.17. The van der Waals surface area contributed by atoms with Crippen molar-refractivity contribution in [2.24, 2.45) is 0 Å². The van der Waals surface area contributed by atoms with E-state index in [9.17, 15) is 13.2 Å². The number of nitrogens with zero attached hydrogens (tertiary/aromatic N) is 7. The van der Waals surface area contributed by atoms with Gasteiger partial charge in [-0.3, -0.25) is 0 Å². The third-order valence-corrected chi connectivity index (χ3v) is 4.93. The first kappa shape index (κ1) is 20.2. The lowest BCUT2D eigenvalue weighted by Gasteiger charge is -2.38. The predicted octanol–water partition coefficient (Wildman–Crippen LogP) is 3.06. The Labute approximate surface area is 170 Å². The molecule has 3 aromatic rings. The van der Waals surface area contributed by atoms with Crippen LogP contribution in [0.5, 0.6) is 0 Å². The van der Waals surface area contributed by atoms with Crippen LogP contribution in [0.15, 0.2) is 30.5 Å². The number of hydrogen-bond donors (Lipinski definition) is 0. The fraction of sp³-hybridized carbons (Fsp3) is 0.421. The molecular weight excluding hydrogens is 399 g/mol. The number of benzene rings is 1. The highest BCUT2D eigenvalue weighted by Gasteiger charge is 2.39. The van der Waals surface area contributed by atoms with Crippen molar-refractivity contribution in [2.45, 2.75) is 39.0 Å². The summed E-state index contributed by atoms with van der Waals surface area (Å²) in [4.78, 5) is 9.87. The highest BCUT2D eigenvalue weighted by Crippen LogP contribution is 2.36. The van der Waals surface area contributed by atoms with Crippen LogP contribution in [0.3, 0.4) is 0 Å². The molecule has 1 aliphatic heterocycles. The average molecular weight is 419 g/mol. The van der Waals surface area contributed by atoms with Crippen LogP contribution in [0.25, 0.3) is 17.1 Å². The summed E-state index contributed by atoms with van der Waals surface area (Å²) in [5.41, 5.74) is 0.172. The molecule has 2 unspecified atom stereocenters. The fourth-order valence-corrected chi connectivity index (χ4v) is 3.49. The summed E-state index contributed by atoms with van der Waals surface area (Å²) in [7, 11) is 0. The molecule has 3 heterocycles.